The SMILES string of the molecule is FC(F)(F)CCCN1CC(N2CCNCC2)C1. The van der Waals surface area contributed by atoms with Crippen molar-refractivity contribution in [2.45, 2.75) is 25.1 Å². The highest BCUT2D eigenvalue weighted by Crippen LogP contribution is 2.23. The summed E-state index contributed by atoms with van der Waals surface area (Å²) in [5, 5.41) is 3.30. The van der Waals surface area contributed by atoms with E-state index < -0.39 is 12.6 Å². The minimum Gasteiger partial charge on any atom is -0.314 e. The average Bonchev–Trinajstić information content (AvgIpc) is 2.21. The van der Waals surface area contributed by atoms with E-state index in [2.05, 4.69) is 15.1 Å². The number of hydrogen-bond acceptors (Lipinski definition) is 3. The summed E-state index contributed by atoms with van der Waals surface area (Å²) in [5.41, 5.74) is 0. The molecule has 2 aliphatic heterocycles. The minimum absolute atomic E-state index is 0.234. The van der Waals surface area contributed by atoms with Crippen LogP contribution in [0.1, 0.15) is 12.8 Å². The van der Waals surface area contributed by atoms with Crippen LogP contribution >= 0.6 is 0 Å². The maximum Gasteiger partial charge on any atom is 0.389 e. The monoisotopic (exact) mass is 251 g/mol. The second-order valence-electron chi connectivity index (χ2n) is 4.92. The van der Waals surface area contributed by atoms with Crippen LogP contribution in [-0.2, 0) is 0 Å². The number of likely N-dealkylation sites (tertiary alicyclic amines) is 1. The molecule has 2 fully saturated rings. The lowest BCUT2D eigenvalue weighted by Crippen LogP contribution is -2.62. The molecular weight excluding hydrogens is 231 g/mol. The van der Waals surface area contributed by atoms with Gasteiger partial charge < -0.3 is 10.2 Å². The third-order valence-corrected chi connectivity index (χ3v) is 3.54. The van der Waals surface area contributed by atoms with Gasteiger partial charge in [0, 0.05) is 51.7 Å². The average molecular weight is 251 g/mol. The van der Waals surface area contributed by atoms with Gasteiger partial charge in [-0.2, -0.15) is 13.2 Å². The second kappa shape index (κ2) is 5.54. The van der Waals surface area contributed by atoms with Gasteiger partial charge in [-0.05, 0) is 13.0 Å². The lowest BCUT2D eigenvalue weighted by molar-refractivity contribution is -0.137. The molecule has 0 radical (unpaired) electrons. The van der Waals surface area contributed by atoms with Gasteiger partial charge in [0.1, 0.15) is 0 Å². The second-order valence-corrected chi connectivity index (χ2v) is 4.92. The van der Waals surface area contributed by atoms with E-state index in [9.17, 15) is 13.2 Å². The lowest BCUT2D eigenvalue weighted by Gasteiger charge is -2.47. The van der Waals surface area contributed by atoms with Crippen molar-refractivity contribution < 1.29 is 13.2 Å². The van der Waals surface area contributed by atoms with Crippen LogP contribution in [0, 0.1) is 0 Å². The zero-order chi connectivity index (χ0) is 12.3. The fourth-order valence-electron chi connectivity index (χ4n) is 2.51. The number of piperazine rings is 1. The molecule has 0 saturated carbocycles. The zero-order valence-electron chi connectivity index (χ0n) is 9.97. The van der Waals surface area contributed by atoms with Crippen molar-refractivity contribution in [2.75, 3.05) is 45.8 Å². The van der Waals surface area contributed by atoms with E-state index in [-0.39, 0.29) is 6.42 Å². The van der Waals surface area contributed by atoms with Gasteiger partial charge in [0.15, 0.2) is 0 Å². The van der Waals surface area contributed by atoms with Crippen LogP contribution in [0.5, 0.6) is 0 Å². The van der Waals surface area contributed by atoms with E-state index in [0.717, 1.165) is 39.3 Å². The molecule has 0 amide bonds. The summed E-state index contributed by atoms with van der Waals surface area (Å²) in [6.45, 7) is 6.68. The summed E-state index contributed by atoms with van der Waals surface area (Å²) in [5.74, 6) is 0. The van der Waals surface area contributed by atoms with Crippen molar-refractivity contribution in [1.82, 2.24) is 15.1 Å². The standard InChI is InChI=1S/C11H20F3N3/c12-11(13,14)2-1-5-16-8-10(9-16)17-6-3-15-4-7-17/h10,15H,1-9H2. The lowest BCUT2D eigenvalue weighted by atomic mass is 10.1. The molecule has 0 atom stereocenters. The van der Waals surface area contributed by atoms with E-state index in [1.54, 1.807) is 0 Å². The Kier molecular flexibility index (Phi) is 4.27. The Morgan fingerprint density at radius 3 is 2.35 bits per heavy atom. The molecule has 100 valence electrons. The van der Waals surface area contributed by atoms with Crippen LogP contribution in [0.2, 0.25) is 0 Å². The number of alkyl halides is 3. The zero-order valence-corrected chi connectivity index (χ0v) is 9.97. The first-order chi connectivity index (χ1) is 8.04. The van der Waals surface area contributed by atoms with Gasteiger partial charge in [-0.3, -0.25) is 4.90 Å². The number of nitrogens with zero attached hydrogens (tertiary/aromatic N) is 2. The van der Waals surface area contributed by atoms with E-state index in [1.807, 2.05) is 0 Å². The first-order valence-corrected chi connectivity index (χ1v) is 6.28. The normalized spacial score (nSPS) is 24.9. The molecule has 3 nitrogen and oxygen atoms in total. The Balaban J connectivity index is 1.56. The number of nitrogens with one attached hydrogen (secondary N) is 1. The Bertz CT molecular complexity index is 233. The predicted molar refractivity (Wildman–Crippen MR) is 60.0 cm³/mol. The molecule has 0 aromatic heterocycles. The molecule has 2 heterocycles. The molecule has 0 aromatic carbocycles. The first-order valence-electron chi connectivity index (χ1n) is 6.28. The minimum atomic E-state index is -4.00. The third kappa shape index (κ3) is 4.12. The molecule has 0 unspecified atom stereocenters. The predicted octanol–water partition coefficient (Wildman–Crippen LogP) is 0.918. The Morgan fingerprint density at radius 2 is 1.76 bits per heavy atom. The van der Waals surface area contributed by atoms with Crippen molar-refractivity contribution in [1.29, 1.82) is 0 Å². The fraction of sp³-hybridized carbons (Fsp3) is 1.00. The summed E-state index contributed by atoms with van der Waals surface area (Å²) < 4.78 is 35.9. The van der Waals surface area contributed by atoms with Crippen molar-refractivity contribution in [3.63, 3.8) is 0 Å². The molecule has 2 aliphatic rings. The summed E-state index contributed by atoms with van der Waals surface area (Å²) in [6, 6.07) is 0.572. The number of rotatable bonds is 4. The van der Waals surface area contributed by atoms with Crippen LogP contribution in [0.3, 0.4) is 0 Å². The Labute approximate surface area is 99.9 Å². The maximum atomic E-state index is 12.0. The van der Waals surface area contributed by atoms with E-state index >= 15 is 0 Å². The van der Waals surface area contributed by atoms with Crippen LogP contribution in [0.15, 0.2) is 0 Å². The van der Waals surface area contributed by atoms with E-state index in [0.29, 0.717) is 12.6 Å². The molecular formula is C11H20F3N3. The highest BCUT2D eigenvalue weighted by atomic mass is 19.4. The Morgan fingerprint density at radius 1 is 1.12 bits per heavy atom. The largest absolute Gasteiger partial charge is 0.389 e. The summed E-state index contributed by atoms with van der Waals surface area (Å²) in [6.07, 6.45) is -4.41. The van der Waals surface area contributed by atoms with Crippen LogP contribution in [0.25, 0.3) is 0 Å². The van der Waals surface area contributed by atoms with Crippen molar-refractivity contribution in [3.8, 4) is 0 Å². The highest BCUT2D eigenvalue weighted by molar-refractivity contribution is 4.89. The number of halogens is 3. The van der Waals surface area contributed by atoms with Crippen LogP contribution in [-0.4, -0.2) is 67.8 Å². The topological polar surface area (TPSA) is 18.5 Å². The first kappa shape index (κ1) is 13.1. The van der Waals surface area contributed by atoms with Gasteiger partial charge in [-0.1, -0.05) is 0 Å². The van der Waals surface area contributed by atoms with Crippen LogP contribution < -0.4 is 5.32 Å². The van der Waals surface area contributed by atoms with Gasteiger partial charge in [0.05, 0.1) is 0 Å². The van der Waals surface area contributed by atoms with Gasteiger partial charge >= 0.3 is 6.18 Å². The molecule has 2 saturated heterocycles. The smallest absolute Gasteiger partial charge is 0.314 e. The molecule has 6 heteroatoms. The maximum absolute atomic E-state index is 12.0. The highest BCUT2D eigenvalue weighted by Gasteiger charge is 2.33. The molecule has 0 aliphatic carbocycles. The molecule has 1 N–H and O–H groups in total. The quantitative estimate of drug-likeness (QED) is 0.801. The van der Waals surface area contributed by atoms with Gasteiger partial charge in [0.25, 0.3) is 0 Å². The molecule has 17 heavy (non-hydrogen) atoms. The summed E-state index contributed by atoms with van der Waals surface area (Å²) >= 11 is 0. The van der Waals surface area contributed by atoms with Gasteiger partial charge in [-0.25, -0.2) is 0 Å². The van der Waals surface area contributed by atoms with E-state index in [4.69, 9.17) is 0 Å². The van der Waals surface area contributed by atoms with E-state index in [1.165, 1.54) is 0 Å². The Hall–Kier alpha value is -0.330. The van der Waals surface area contributed by atoms with Gasteiger partial charge in [-0.15, -0.1) is 0 Å². The summed E-state index contributed by atoms with van der Waals surface area (Å²) in [7, 11) is 0. The molecule has 0 aromatic rings. The summed E-state index contributed by atoms with van der Waals surface area (Å²) in [4.78, 5) is 4.56. The van der Waals surface area contributed by atoms with Gasteiger partial charge in [0.2, 0.25) is 0 Å². The molecule has 0 bridgehead atoms. The van der Waals surface area contributed by atoms with Crippen LogP contribution in [0.4, 0.5) is 13.2 Å². The third-order valence-electron chi connectivity index (χ3n) is 3.54. The van der Waals surface area contributed by atoms with Crippen molar-refractivity contribution >= 4 is 0 Å². The number of hydrogen-bond donors (Lipinski definition) is 1. The fourth-order valence-corrected chi connectivity index (χ4v) is 2.51. The van der Waals surface area contributed by atoms with Crippen molar-refractivity contribution in [3.05, 3.63) is 0 Å². The van der Waals surface area contributed by atoms with Crippen molar-refractivity contribution in [2.24, 2.45) is 0 Å². The molecule has 2 rings (SSSR count). The molecule has 0 spiro atoms.